The summed E-state index contributed by atoms with van der Waals surface area (Å²) in [5.74, 6) is 3.09. The second-order valence-corrected chi connectivity index (χ2v) is 12.9. The maximum Gasteiger partial charge on any atom is 0.387 e. The van der Waals surface area contributed by atoms with Gasteiger partial charge in [-0.3, -0.25) is 0 Å². The van der Waals surface area contributed by atoms with Crippen LogP contribution in [-0.4, -0.2) is 43.8 Å². The second kappa shape index (κ2) is 6.43. The van der Waals surface area contributed by atoms with Crippen LogP contribution in [0.5, 0.6) is 0 Å². The summed E-state index contributed by atoms with van der Waals surface area (Å²) in [6, 6.07) is 2.03. The molecule has 2 aliphatic rings. The van der Waals surface area contributed by atoms with Crippen LogP contribution in [0.1, 0.15) is 25.3 Å². The van der Waals surface area contributed by atoms with Gasteiger partial charge >= 0.3 is 5.82 Å². The van der Waals surface area contributed by atoms with Crippen LogP contribution in [0.25, 0.3) is 0 Å². The van der Waals surface area contributed by atoms with Crippen LogP contribution in [-0.2, 0) is 4.74 Å². The Morgan fingerprint density at radius 2 is 2.16 bits per heavy atom. The molecule has 134 valence electrons. The lowest BCUT2D eigenvalue weighted by molar-refractivity contribution is -0.388. The number of aromatic nitrogens is 1. The number of hydrogen-bond donors (Lipinski definition) is 0. The number of nitrogens with zero attached hydrogens (tertiary/aromatic N) is 3. The number of hydrogen-bond acceptors (Lipinski definition) is 5. The topological polar surface area (TPSA) is 68.5 Å². The van der Waals surface area contributed by atoms with Gasteiger partial charge in [-0.15, -0.1) is 5.54 Å². The summed E-state index contributed by atoms with van der Waals surface area (Å²) in [5.41, 5.74) is 4.76. The summed E-state index contributed by atoms with van der Waals surface area (Å²) in [5, 5.41) is 11.5. The molecule has 1 aromatic rings. The molecular formula is C18H25N3O3Si. The smallest absolute Gasteiger partial charge is 0.380 e. The first-order valence-corrected chi connectivity index (χ1v) is 12.2. The molecule has 6 nitrogen and oxygen atoms in total. The van der Waals surface area contributed by atoms with E-state index in [2.05, 4.69) is 47.9 Å². The Morgan fingerprint density at radius 1 is 1.44 bits per heavy atom. The van der Waals surface area contributed by atoms with Crippen LogP contribution in [0, 0.1) is 27.0 Å². The first-order chi connectivity index (χ1) is 11.7. The highest BCUT2D eigenvalue weighted by Gasteiger charge is 2.48. The van der Waals surface area contributed by atoms with Gasteiger partial charge in [-0.1, -0.05) is 25.6 Å². The summed E-state index contributed by atoms with van der Waals surface area (Å²) in [4.78, 5) is 17.4. The highest BCUT2D eigenvalue weighted by molar-refractivity contribution is 6.83. The molecule has 0 aromatic carbocycles. The second-order valence-electron chi connectivity index (χ2n) is 8.15. The molecule has 3 rings (SSSR count). The number of piperidine rings is 1. The van der Waals surface area contributed by atoms with Crippen molar-refractivity contribution < 1.29 is 9.66 Å². The summed E-state index contributed by atoms with van der Waals surface area (Å²) in [6.07, 6.45) is 3.64. The molecule has 1 unspecified atom stereocenters. The van der Waals surface area contributed by atoms with Crippen molar-refractivity contribution in [2.75, 3.05) is 24.7 Å². The number of anilines is 1. The van der Waals surface area contributed by atoms with E-state index in [1.807, 2.05) is 6.07 Å². The van der Waals surface area contributed by atoms with Gasteiger partial charge in [0.25, 0.3) is 0 Å². The van der Waals surface area contributed by atoms with E-state index >= 15 is 0 Å². The lowest BCUT2D eigenvalue weighted by atomic mass is 9.72. The van der Waals surface area contributed by atoms with Crippen LogP contribution < -0.4 is 4.90 Å². The van der Waals surface area contributed by atoms with E-state index in [9.17, 15) is 10.1 Å². The summed E-state index contributed by atoms with van der Waals surface area (Å²) in [7, 11) is -1.52. The zero-order valence-corrected chi connectivity index (χ0v) is 16.3. The third-order valence-electron chi connectivity index (χ3n) is 5.12. The van der Waals surface area contributed by atoms with Gasteiger partial charge in [0.2, 0.25) is 0 Å². The van der Waals surface area contributed by atoms with Crippen molar-refractivity contribution in [3.05, 3.63) is 27.9 Å². The summed E-state index contributed by atoms with van der Waals surface area (Å²) < 4.78 is 5.45. The fourth-order valence-corrected chi connectivity index (χ4v) is 4.06. The van der Waals surface area contributed by atoms with E-state index in [-0.39, 0.29) is 17.3 Å². The number of nitro groups is 1. The van der Waals surface area contributed by atoms with Crippen molar-refractivity contribution >= 4 is 19.6 Å². The van der Waals surface area contributed by atoms with Crippen LogP contribution in [0.3, 0.4) is 0 Å². The van der Waals surface area contributed by atoms with Crippen molar-refractivity contribution in [2.45, 2.75) is 45.4 Å². The van der Waals surface area contributed by atoms with Gasteiger partial charge in [0, 0.05) is 18.0 Å². The lowest BCUT2D eigenvalue weighted by Crippen LogP contribution is -2.60. The molecule has 2 aliphatic heterocycles. The van der Waals surface area contributed by atoms with Crippen LogP contribution in [0.4, 0.5) is 11.5 Å². The van der Waals surface area contributed by atoms with Gasteiger partial charge in [-0.2, -0.15) is 0 Å². The van der Waals surface area contributed by atoms with Gasteiger partial charge in [0.05, 0.1) is 18.8 Å². The van der Waals surface area contributed by atoms with E-state index < -0.39 is 13.0 Å². The average Bonchev–Trinajstić information content (AvgIpc) is 2.50. The Labute approximate surface area is 149 Å². The highest BCUT2D eigenvalue weighted by atomic mass is 28.3. The maximum atomic E-state index is 11.5. The van der Waals surface area contributed by atoms with E-state index in [1.54, 1.807) is 0 Å². The zero-order chi connectivity index (χ0) is 18.2. The van der Waals surface area contributed by atoms with E-state index in [0.717, 1.165) is 38.2 Å². The predicted octanol–water partition coefficient (Wildman–Crippen LogP) is 3.22. The SMILES string of the molecule is CC1N(c2cc(C#C[Si](C)(C)C)cnc2[N+](=O)[O-])CCCC12COC2. The minimum Gasteiger partial charge on any atom is -0.380 e. The van der Waals surface area contributed by atoms with Crippen molar-refractivity contribution in [1.29, 1.82) is 0 Å². The third-order valence-corrected chi connectivity index (χ3v) is 5.99. The van der Waals surface area contributed by atoms with Crippen molar-refractivity contribution in [3.63, 3.8) is 0 Å². The highest BCUT2D eigenvalue weighted by Crippen LogP contribution is 2.45. The number of pyridine rings is 1. The molecule has 0 saturated carbocycles. The molecule has 1 spiro atoms. The molecule has 0 amide bonds. The molecule has 1 atom stereocenters. The van der Waals surface area contributed by atoms with Gasteiger partial charge in [-0.05, 0) is 35.7 Å². The largest absolute Gasteiger partial charge is 0.387 e. The Morgan fingerprint density at radius 3 is 2.72 bits per heavy atom. The van der Waals surface area contributed by atoms with E-state index in [0.29, 0.717) is 5.69 Å². The minimum absolute atomic E-state index is 0.0808. The fraction of sp³-hybridized carbons (Fsp3) is 0.611. The van der Waals surface area contributed by atoms with Crippen molar-refractivity contribution in [1.82, 2.24) is 4.98 Å². The Kier molecular flexibility index (Phi) is 4.60. The van der Waals surface area contributed by atoms with Crippen LogP contribution in [0.15, 0.2) is 12.3 Å². The van der Waals surface area contributed by atoms with Crippen molar-refractivity contribution in [2.24, 2.45) is 5.41 Å². The molecule has 1 aromatic heterocycles. The molecule has 2 fully saturated rings. The average molecular weight is 360 g/mol. The predicted molar refractivity (Wildman–Crippen MR) is 100 cm³/mol. The molecule has 7 heteroatoms. The fourth-order valence-electron chi connectivity index (χ4n) is 3.54. The molecule has 0 radical (unpaired) electrons. The molecule has 2 saturated heterocycles. The first-order valence-electron chi connectivity index (χ1n) is 8.74. The third kappa shape index (κ3) is 3.55. The molecule has 0 N–H and O–H groups in total. The summed E-state index contributed by atoms with van der Waals surface area (Å²) >= 11 is 0. The molecule has 0 bridgehead atoms. The maximum absolute atomic E-state index is 11.5. The Bertz CT molecular complexity index is 744. The van der Waals surface area contributed by atoms with Gasteiger partial charge < -0.3 is 19.8 Å². The van der Waals surface area contributed by atoms with Gasteiger partial charge in [-0.25, -0.2) is 0 Å². The van der Waals surface area contributed by atoms with E-state index in [4.69, 9.17) is 4.74 Å². The first kappa shape index (κ1) is 17.9. The Hall–Kier alpha value is -1.91. The van der Waals surface area contributed by atoms with Crippen LogP contribution in [0.2, 0.25) is 19.6 Å². The molecule has 0 aliphatic carbocycles. The monoisotopic (exact) mass is 359 g/mol. The quantitative estimate of drug-likeness (QED) is 0.351. The number of rotatable bonds is 2. The summed E-state index contributed by atoms with van der Waals surface area (Å²) in [6.45, 7) is 10.9. The minimum atomic E-state index is -1.52. The molecular weight excluding hydrogens is 334 g/mol. The number of ether oxygens (including phenoxy) is 1. The normalized spacial score (nSPS) is 22.1. The molecule has 3 heterocycles. The van der Waals surface area contributed by atoms with Crippen LogP contribution >= 0.6 is 0 Å². The molecule has 25 heavy (non-hydrogen) atoms. The Balaban J connectivity index is 2.00. The standard InChI is InChI=1S/C18H25N3O3Si/c1-14-18(12-24-13-18)7-5-8-20(14)16-10-15(6-9-25(2,3)4)11-19-17(16)21(22)23/h10-11,14H,5,7-8,12-13H2,1-4H3. The lowest BCUT2D eigenvalue weighted by Gasteiger charge is -2.53. The van der Waals surface area contributed by atoms with E-state index in [1.165, 1.54) is 6.20 Å². The van der Waals surface area contributed by atoms with Gasteiger partial charge in [0.15, 0.2) is 6.20 Å². The van der Waals surface area contributed by atoms with Gasteiger partial charge in [0.1, 0.15) is 13.8 Å². The van der Waals surface area contributed by atoms with Crippen molar-refractivity contribution in [3.8, 4) is 11.5 Å². The zero-order valence-electron chi connectivity index (χ0n) is 15.3.